The van der Waals surface area contributed by atoms with Crippen LogP contribution in [0.2, 0.25) is 0 Å². The molecule has 17 heavy (non-hydrogen) atoms. The fraction of sp³-hybridized carbons (Fsp3) is 0.500. The summed E-state index contributed by atoms with van der Waals surface area (Å²) in [6, 6.07) is 0. The predicted molar refractivity (Wildman–Crippen MR) is 61.5 cm³/mol. The molecule has 1 rings (SSSR count). The quantitative estimate of drug-likeness (QED) is 0.343. The zero-order chi connectivity index (χ0) is 13.0. The highest BCUT2D eigenvalue weighted by atomic mass is 32.9. The molecule has 0 saturated carbocycles. The van der Waals surface area contributed by atoms with Crippen molar-refractivity contribution in [2.45, 2.75) is 13.0 Å². The Balaban J connectivity index is 2.89. The SMILES string of the molecule is Cc1c(C(CO[N+](=O)[O-])O[N+](=O)[O-])ssc1=S. The van der Waals surface area contributed by atoms with Crippen LogP contribution in [0.25, 0.3) is 0 Å². The largest absolute Gasteiger partial charge is 0.311 e. The van der Waals surface area contributed by atoms with Crippen molar-refractivity contribution in [2.75, 3.05) is 6.61 Å². The van der Waals surface area contributed by atoms with Gasteiger partial charge in [-0.25, -0.2) is 0 Å². The molecule has 1 heterocycles. The normalized spacial score (nSPS) is 11.8. The summed E-state index contributed by atoms with van der Waals surface area (Å²) < 4.78 is 0.572. The van der Waals surface area contributed by atoms with Gasteiger partial charge in [0.25, 0.3) is 10.2 Å². The van der Waals surface area contributed by atoms with Crippen LogP contribution in [0.1, 0.15) is 16.5 Å². The molecule has 1 aromatic heterocycles. The first kappa shape index (κ1) is 13.7. The van der Waals surface area contributed by atoms with Crippen LogP contribution in [-0.4, -0.2) is 16.8 Å². The number of nitrogens with zero attached hydrogens (tertiary/aromatic N) is 2. The summed E-state index contributed by atoms with van der Waals surface area (Å²) in [5.41, 5.74) is 0.647. The Morgan fingerprint density at radius 2 is 2.00 bits per heavy atom. The van der Waals surface area contributed by atoms with E-state index in [1.54, 1.807) is 6.92 Å². The molecular formula is C6H6N2O6S3. The highest BCUT2D eigenvalue weighted by molar-refractivity contribution is 7.79. The highest BCUT2D eigenvalue weighted by Gasteiger charge is 2.22. The number of hydrogen-bond donors (Lipinski definition) is 0. The molecule has 0 saturated heterocycles. The molecule has 0 fully saturated rings. The van der Waals surface area contributed by atoms with Gasteiger partial charge in [-0.15, -0.1) is 20.2 Å². The Morgan fingerprint density at radius 1 is 1.35 bits per heavy atom. The Kier molecular flexibility index (Phi) is 4.72. The summed E-state index contributed by atoms with van der Waals surface area (Å²) in [6.07, 6.45) is -1.13. The van der Waals surface area contributed by atoms with Crippen molar-refractivity contribution in [1.82, 2.24) is 0 Å². The minimum Gasteiger partial charge on any atom is -0.311 e. The maximum atomic E-state index is 10.3. The van der Waals surface area contributed by atoms with E-state index in [0.29, 0.717) is 14.3 Å². The van der Waals surface area contributed by atoms with E-state index in [2.05, 4.69) is 9.68 Å². The topological polar surface area (TPSA) is 105 Å². The van der Waals surface area contributed by atoms with Crippen LogP contribution in [0.4, 0.5) is 0 Å². The van der Waals surface area contributed by atoms with Crippen LogP contribution in [-0.2, 0) is 9.68 Å². The second kappa shape index (κ2) is 5.84. The first-order valence-corrected chi connectivity index (χ1v) is 6.65. The van der Waals surface area contributed by atoms with Crippen molar-refractivity contribution < 1.29 is 19.8 Å². The molecule has 8 nitrogen and oxygen atoms in total. The van der Waals surface area contributed by atoms with Crippen molar-refractivity contribution in [3.63, 3.8) is 0 Å². The van der Waals surface area contributed by atoms with Gasteiger partial charge in [-0.3, -0.25) is 0 Å². The van der Waals surface area contributed by atoms with E-state index >= 15 is 0 Å². The van der Waals surface area contributed by atoms with E-state index in [9.17, 15) is 20.2 Å². The molecule has 0 bridgehead atoms. The molecule has 1 atom stereocenters. The fourth-order valence-corrected chi connectivity index (χ4v) is 3.95. The van der Waals surface area contributed by atoms with Crippen LogP contribution in [0.5, 0.6) is 0 Å². The first-order chi connectivity index (χ1) is 7.91. The molecule has 0 amide bonds. The first-order valence-electron chi connectivity index (χ1n) is 4.10. The second-order valence-corrected chi connectivity index (χ2v) is 5.63. The molecule has 0 N–H and O–H groups in total. The molecule has 1 aromatic rings. The Morgan fingerprint density at radius 3 is 2.41 bits per heavy atom. The van der Waals surface area contributed by atoms with Crippen molar-refractivity contribution in [1.29, 1.82) is 0 Å². The molecule has 0 aromatic carbocycles. The lowest BCUT2D eigenvalue weighted by Crippen LogP contribution is -2.17. The van der Waals surface area contributed by atoms with E-state index in [0.717, 1.165) is 0 Å². The Hall–Kier alpha value is -1.33. The molecule has 11 heteroatoms. The van der Waals surface area contributed by atoms with E-state index in [1.165, 1.54) is 20.7 Å². The predicted octanol–water partition coefficient (Wildman–Crippen LogP) is 2.31. The summed E-state index contributed by atoms with van der Waals surface area (Å²) in [5, 5.41) is 18.3. The van der Waals surface area contributed by atoms with Gasteiger partial charge in [-0.2, -0.15) is 0 Å². The zero-order valence-electron chi connectivity index (χ0n) is 8.35. The monoisotopic (exact) mass is 298 g/mol. The summed E-state index contributed by atoms with van der Waals surface area (Å²) in [6.45, 7) is 1.13. The van der Waals surface area contributed by atoms with Crippen molar-refractivity contribution in [2.24, 2.45) is 0 Å². The van der Waals surface area contributed by atoms with Gasteiger partial charge in [0.1, 0.15) is 10.4 Å². The fourth-order valence-electron chi connectivity index (χ4n) is 0.990. The second-order valence-electron chi connectivity index (χ2n) is 2.78. The van der Waals surface area contributed by atoms with Crippen LogP contribution >= 0.6 is 32.9 Å². The van der Waals surface area contributed by atoms with Crippen LogP contribution in [0.15, 0.2) is 0 Å². The lowest BCUT2D eigenvalue weighted by Gasteiger charge is -2.12. The Bertz CT molecular complexity index is 482. The lowest BCUT2D eigenvalue weighted by molar-refractivity contribution is -0.792. The van der Waals surface area contributed by atoms with Gasteiger partial charge in [0.2, 0.25) is 0 Å². The summed E-state index contributed by atoms with van der Waals surface area (Å²) in [7, 11) is 2.43. The van der Waals surface area contributed by atoms with Gasteiger partial charge in [-0.1, -0.05) is 32.9 Å². The lowest BCUT2D eigenvalue weighted by atomic mass is 10.2. The minimum atomic E-state index is -1.13. The molecular weight excluding hydrogens is 292 g/mol. The Labute approximate surface area is 107 Å². The van der Waals surface area contributed by atoms with E-state index < -0.39 is 22.9 Å². The maximum Gasteiger partial charge on any atom is 0.295 e. The van der Waals surface area contributed by atoms with E-state index in [-0.39, 0.29) is 0 Å². The van der Waals surface area contributed by atoms with Gasteiger partial charge < -0.3 is 9.68 Å². The van der Waals surface area contributed by atoms with Crippen molar-refractivity contribution >= 4 is 32.9 Å². The number of hydrogen-bond acceptors (Lipinski definition) is 9. The van der Waals surface area contributed by atoms with Crippen LogP contribution < -0.4 is 0 Å². The van der Waals surface area contributed by atoms with Crippen LogP contribution in [0.3, 0.4) is 0 Å². The smallest absolute Gasteiger partial charge is 0.295 e. The standard InChI is InChI=1S/C6H6N2O6S3/c1-3-5(16-17-6(3)15)4(14-8(11)12)2-13-7(9)10/h4H,2H2,1H3. The molecule has 0 aliphatic carbocycles. The molecule has 94 valence electrons. The van der Waals surface area contributed by atoms with E-state index in [1.807, 2.05) is 0 Å². The highest BCUT2D eigenvalue weighted by Crippen LogP contribution is 2.32. The summed E-state index contributed by atoms with van der Waals surface area (Å²) >= 11 is 4.97. The van der Waals surface area contributed by atoms with Crippen LogP contribution in [0, 0.1) is 31.0 Å². The van der Waals surface area contributed by atoms with Crippen molar-refractivity contribution in [3.8, 4) is 0 Å². The van der Waals surface area contributed by atoms with E-state index in [4.69, 9.17) is 12.2 Å². The molecule has 1 unspecified atom stereocenters. The average molecular weight is 298 g/mol. The van der Waals surface area contributed by atoms with Gasteiger partial charge in [0.15, 0.2) is 6.10 Å². The van der Waals surface area contributed by atoms with Gasteiger partial charge in [0, 0.05) is 0 Å². The van der Waals surface area contributed by atoms with Crippen molar-refractivity contribution in [3.05, 3.63) is 34.5 Å². The third kappa shape index (κ3) is 3.87. The molecule has 0 aliphatic rings. The van der Waals surface area contributed by atoms with Gasteiger partial charge in [0.05, 0.1) is 4.88 Å². The average Bonchev–Trinajstić information content (AvgIpc) is 2.54. The third-order valence-corrected chi connectivity index (χ3v) is 5.17. The number of rotatable bonds is 6. The minimum absolute atomic E-state index is 0.471. The molecule has 0 aliphatic heterocycles. The third-order valence-electron chi connectivity index (χ3n) is 1.72. The molecule has 0 spiro atoms. The zero-order valence-corrected chi connectivity index (χ0v) is 10.8. The van der Waals surface area contributed by atoms with Gasteiger partial charge >= 0.3 is 0 Å². The molecule has 0 radical (unpaired) electrons. The summed E-state index contributed by atoms with van der Waals surface area (Å²) in [5.74, 6) is 0. The maximum absolute atomic E-state index is 10.3. The summed E-state index contributed by atoms with van der Waals surface area (Å²) in [4.78, 5) is 29.2. The van der Waals surface area contributed by atoms with Gasteiger partial charge in [-0.05, 0) is 12.5 Å².